The molecule has 0 aliphatic rings. The lowest BCUT2D eigenvalue weighted by atomic mass is 10.1. The third kappa shape index (κ3) is 5.99. The molecule has 0 spiro atoms. The van der Waals surface area contributed by atoms with Gasteiger partial charge in [-0.15, -0.1) is 0 Å². The van der Waals surface area contributed by atoms with Crippen molar-refractivity contribution in [1.29, 1.82) is 0 Å². The Bertz CT molecular complexity index is 712. The standard InChI is InChI=1S/C21H29N3O2/c1-16-5-6-18(15-20(16)26-4)12-14-24-21(22-2)23-13-11-17-7-9-19(25-3)10-8-17/h5-10,15H,11-14H2,1-4H3,(H2,22,23,24). The summed E-state index contributed by atoms with van der Waals surface area (Å²) in [6.07, 6.45) is 1.84. The molecule has 0 saturated carbocycles. The summed E-state index contributed by atoms with van der Waals surface area (Å²) in [4.78, 5) is 4.28. The predicted octanol–water partition coefficient (Wildman–Crippen LogP) is 2.96. The van der Waals surface area contributed by atoms with E-state index in [1.165, 1.54) is 11.1 Å². The van der Waals surface area contributed by atoms with Crippen LogP contribution in [0.4, 0.5) is 0 Å². The molecular formula is C21H29N3O2. The monoisotopic (exact) mass is 355 g/mol. The molecule has 0 amide bonds. The summed E-state index contributed by atoms with van der Waals surface area (Å²) in [5, 5.41) is 6.70. The molecule has 140 valence electrons. The van der Waals surface area contributed by atoms with Crippen LogP contribution in [-0.4, -0.2) is 40.3 Å². The molecule has 5 heteroatoms. The number of guanidine groups is 1. The van der Waals surface area contributed by atoms with E-state index in [0.717, 1.165) is 49.0 Å². The lowest BCUT2D eigenvalue weighted by molar-refractivity contribution is 0.411. The molecular weight excluding hydrogens is 326 g/mol. The van der Waals surface area contributed by atoms with Crippen molar-refractivity contribution in [2.45, 2.75) is 19.8 Å². The van der Waals surface area contributed by atoms with E-state index in [2.05, 4.69) is 52.9 Å². The van der Waals surface area contributed by atoms with Crippen LogP contribution in [-0.2, 0) is 12.8 Å². The fourth-order valence-corrected chi connectivity index (χ4v) is 2.68. The van der Waals surface area contributed by atoms with Gasteiger partial charge in [0, 0.05) is 20.1 Å². The van der Waals surface area contributed by atoms with Crippen LogP contribution in [0.5, 0.6) is 11.5 Å². The lowest BCUT2D eigenvalue weighted by Gasteiger charge is -2.13. The molecule has 0 aromatic heterocycles. The van der Waals surface area contributed by atoms with E-state index < -0.39 is 0 Å². The Morgan fingerprint density at radius 1 is 0.885 bits per heavy atom. The van der Waals surface area contributed by atoms with E-state index in [9.17, 15) is 0 Å². The third-order valence-electron chi connectivity index (χ3n) is 4.27. The van der Waals surface area contributed by atoms with E-state index in [-0.39, 0.29) is 0 Å². The Hall–Kier alpha value is -2.69. The van der Waals surface area contributed by atoms with Crippen LogP contribution < -0.4 is 20.1 Å². The first-order valence-corrected chi connectivity index (χ1v) is 8.87. The molecule has 0 saturated heterocycles. The molecule has 2 rings (SSSR count). The van der Waals surface area contributed by atoms with Crippen LogP contribution in [0, 0.1) is 6.92 Å². The molecule has 0 bridgehead atoms. The zero-order valence-electron chi connectivity index (χ0n) is 16.1. The summed E-state index contributed by atoms with van der Waals surface area (Å²) in [5.74, 6) is 2.63. The van der Waals surface area contributed by atoms with Crippen LogP contribution in [0.2, 0.25) is 0 Å². The number of aryl methyl sites for hydroxylation is 1. The maximum Gasteiger partial charge on any atom is 0.190 e. The lowest BCUT2D eigenvalue weighted by Crippen LogP contribution is -2.39. The number of hydrogen-bond acceptors (Lipinski definition) is 3. The summed E-state index contributed by atoms with van der Waals surface area (Å²) in [5.41, 5.74) is 3.66. The van der Waals surface area contributed by atoms with Crippen molar-refractivity contribution in [1.82, 2.24) is 10.6 Å². The first-order chi connectivity index (χ1) is 12.7. The average molecular weight is 355 g/mol. The van der Waals surface area contributed by atoms with Gasteiger partial charge in [0.2, 0.25) is 0 Å². The summed E-state index contributed by atoms with van der Waals surface area (Å²) in [6.45, 7) is 3.69. The van der Waals surface area contributed by atoms with Crippen LogP contribution in [0.1, 0.15) is 16.7 Å². The second-order valence-electron chi connectivity index (χ2n) is 6.08. The number of nitrogens with one attached hydrogen (secondary N) is 2. The highest BCUT2D eigenvalue weighted by atomic mass is 16.5. The minimum absolute atomic E-state index is 0.814. The highest BCUT2D eigenvalue weighted by Gasteiger charge is 2.02. The van der Waals surface area contributed by atoms with Crippen molar-refractivity contribution >= 4 is 5.96 Å². The fraction of sp³-hybridized carbons (Fsp3) is 0.381. The van der Waals surface area contributed by atoms with Crippen molar-refractivity contribution < 1.29 is 9.47 Å². The van der Waals surface area contributed by atoms with Gasteiger partial charge in [-0.3, -0.25) is 4.99 Å². The average Bonchev–Trinajstić information content (AvgIpc) is 2.68. The molecule has 0 aliphatic heterocycles. The highest BCUT2D eigenvalue weighted by molar-refractivity contribution is 5.79. The fourth-order valence-electron chi connectivity index (χ4n) is 2.68. The van der Waals surface area contributed by atoms with Crippen molar-refractivity contribution in [3.05, 3.63) is 59.2 Å². The number of benzene rings is 2. The molecule has 0 heterocycles. The summed E-state index contributed by atoms with van der Waals surface area (Å²) >= 11 is 0. The highest BCUT2D eigenvalue weighted by Crippen LogP contribution is 2.19. The number of methoxy groups -OCH3 is 2. The molecule has 2 aromatic carbocycles. The zero-order valence-corrected chi connectivity index (χ0v) is 16.1. The van der Waals surface area contributed by atoms with Crippen molar-refractivity contribution in [2.24, 2.45) is 4.99 Å². The molecule has 0 aliphatic carbocycles. The minimum Gasteiger partial charge on any atom is -0.497 e. The van der Waals surface area contributed by atoms with Crippen molar-refractivity contribution in [3.8, 4) is 11.5 Å². The summed E-state index contributed by atoms with van der Waals surface area (Å²) < 4.78 is 10.6. The van der Waals surface area contributed by atoms with Gasteiger partial charge in [-0.05, 0) is 54.7 Å². The Morgan fingerprint density at radius 3 is 2.08 bits per heavy atom. The van der Waals surface area contributed by atoms with Crippen LogP contribution >= 0.6 is 0 Å². The Kier molecular flexibility index (Phi) is 7.80. The quantitative estimate of drug-likeness (QED) is 0.565. The molecule has 2 aromatic rings. The van der Waals surface area contributed by atoms with Gasteiger partial charge in [-0.25, -0.2) is 0 Å². The molecule has 0 atom stereocenters. The predicted molar refractivity (Wildman–Crippen MR) is 107 cm³/mol. The van der Waals surface area contributed by atoms with Gasteiger partial charge in [0.25, 0.3) is 0 Å². The molecule has 0 fully saturated rings. The van der Waals surface area contributed by atoms with E-state index in [1.807, 2.05) is 12.1 Å². The molecule has 5 nitrogen and oxygen atoms in total. The maximum absolute atomic E-state index is 5.38. The topological polar surface area (TPSA) is 54.9 Å². The van der Waals surface area contributed by atoms with E-state index in [4.69, 9.17) is 9.47 Å². The molecule has 26 heavy (non-hydrogen) atoms. The van der Waals surface area contributed by atoms with Gasteiger partial charge < -0.3 is 20.1 Å². The van der Waals surface area contributed by atoms with Gasteiger partial charge in [-0.2, -0.15) is 0 Å². The van der Waals surface area contributed by atoms with E-state index in [1.54, 1.807) is 21.3 Å². The first kappa shape index (κ1) is 19.6. The number of hydrogen-bond donors (Lipinski definition) is 2. The molecule has 0 unspecified atom stereocenters. The van der Waals surface area contributed by atoms with Crippen LogP contribution in [0.3, 0.4) is 0 Å². The number of ether oxygens (including phenoxy) is 2. The Morgan fingerprint density at radius 2 is 1.50 bits per heavy atom. The van der Waals surface area contributed by atoms with Crippen molar-refractivity contribution in [2.75, 3.05) is 34.4 Å². The third-order valence-corrected chi connectivity index (χ3v) is 4.27. The largest absolute Gasteiger partial charge is 0.497 e. The first-order valence-electron chi connectivity index (χ1n) is 8.87. The van der Waals surface area contributed by atoms with Gasteiger partial charge in [-0.1, -0.05) is 24.3 Å². The number of aliphatic imine (C=N–C) groups is 1. The van der Waals surface area contributed by atoms with E-state index >= 15 is 0 Å². The summed E-state index contributed by atoms with van der Waals surface area (Å²) in [6, 6.07) is 14.5. The number of nitrogens with zero attached hydrogens (tertiary/aromatic N) is 1. The number of rotatable bonds is 8. The normalized spacial score (nSPS) is 11.2. The van der Waals surface area contributed by atoms with Crippen LogP contribution in [0.15, 0.2) is 47.5 Å². The zero-order chi connectivity index (χ0) is 18.8. The van der Waals surface area contributed by atoms with Crippen LogP contribution in [0.25, 0.3) is 0 Å². The molecule has 2 N–H and O–H groups in total. The Labute approximate surface area is 156 Å². The van der Waals surface area contributed by atoms with Crippen molar-refractivity contribution in [3.63, 3.8) is 0 Å². The maximum atomic E-state index is 5.38. The smallest absolute Gasteiger partial charge is 0.190 e. The van der Waals surface area contributed by atoms with Gasteiger partial charge in [0.05, 0.1) is 14.2 Å². The SMILES string of the molecule is CN=C(NCCc1ccc(OC)cc1)NCCc1ccc(C)c(OC)c1. The minimum atomic E-state index is 0.814. The molecule has 0 radical (unpaired) electrons. The van der Waals surface area contributed by atoms with Gasteiger partial charge >= 0.3 is 0 Å². The second-order valence-corrected chi connectivity index (χ2v) is 6.08. The second kappa shape index (κ2) is 10.3. The van der Waals surface area contributed by atoms with Gasteiger partial charge in [0.1, 0.15) is 11.5 Å². The Balaban J connectivity index is 1.73. The van der Waals surface area contributed by atoms with Gasteiger partial charge in [0.15, 0.2) is 5.96 Å². The van der Waals surface area contributed by atoms with E-state index in [0.29, 0.717) is 0 Å². The summed E-state index contributed by atoms with van der Waals surface area (Å²) in [7, 11) is 5.18.